The van der Waals surface area contributed by atoms with Crippen molar-refractivity contribution in [2.24, 2.45) is 0 Å². The number of likely N-dealkylation sites (tertiary alicyclic amines) is 1. The van der Waals surface area contributed by atoms with E-state index in [0.29, 0.717) is 19.4 Å². The van der Waals surface area contributed by atoms with Gasteiger partial charge in [0, 0.05) is 38.5 Å². The van der Waals surface area contributed by atoms with Crippen LogP contribution in [-0.4, -0.2) is 52.2 Å². The van der Waals surface area contributed by atoms with E-state index in [0.717, 1.165) is 55.1 Å². The third kappa shape index (κ3) is 6.79. The van der Waals surface area contributed by atoms with Gasteiger partial charge in [-0.05, 0) is 50.8 Å². The van der Waals surface area contributed by atoms with Gasteiger partial charge in [-0.25, -0.2) is 4.68 Å². The lowest BCUT2D eigenvalue weighted by Crippen LogP contribution is -2.45. The second kappa shape index (κ2) is 11.8. The smallest absolute Gasteiger partial charge is 0.225 e. The molecule has 2 amide bonds. The lowest BCUT2D eigenvalue weighted by atomic mass is 10.0. The maximum Gasteiger partial charge on any atom is 0.225 e. The molecule has 2 N–H and O–H groups in total. The van der Waals surface area contributed by atoms with E-state index >= 15 is 0 Å². The Labute approximate surface area is 207 Å². The van der Waals surface area contributed by atoms with Crippen LogP contribution in [0.1, 0.15) is 42.6 Å². The Hall–Kier alpha value is -3.45. The molecule has 0 aliphatic carbocycles. The fraction of sp³-hybridized carbons (Fsp3) is 0.393. The summed E-state index contributed by atoms with van der Waals surface area (Å²) in [4.78, 5) is 27.3. The van der Waals surface area contributed by atoms with E-state index in [1.54, 1.807) is 0 Å². The predicted octanol–water partition coefficient (Wildman–Crippen LogP) is 4.03. The molecule has 35 heavy (non-hydrogen) atoms. The molecule has 2 heterocycles. The Kier molecular flexibility index (Phi) is 8.32. The van der Waals surface area contributed by atoms with Crippen LogP contribution in [0.5, 0.6) is 0 Å². The van der Waals surface area contributed by atoms with Gasteiger partial charge in [0.05, 0.1) is 22.8 Å². The fourth-order valence-corrected chi connectivity index (χ4v) is 4.61. The van der Waals surface area contributed by atoms with Crippen LogP contribution in [0.4, 0.5) is 5.69 Å². The highest BCUT2D eigenvalue weighted by Gasteiger charge is 2.21. The van der Waals surface area contributed by atoms with Crippen molar-refractivity contribution >= 4 is 17.5 Å². The number of carbonyl (C=O) groups excluding carboxylic acids is 2. The quantitative estimate of drug-likeness (QED) is 0.492. The largest absolute Gasteiger partial charge is 0.353 e. The van der Waals surface area contributed by atoms with E-state index in [1.165, 1.54) is 5.56 Å². The number of aryl methyl sites for hydroxylation is 2. The average Bonchev–Trinajstić information content (AvgIpc) is 3.16. The molecule has 184 valence electrons. The zero-order chi connectivity index (χ0) is 24.6. The highest BCUT2D eigenvalue weighted by Crippen LogP contribution is 2.23. The van der Waals surface area contributed by atoms with Gasteiger partial charge in [-0.3, -0.25) is 9.59 Å². The summed E-state index contributed by atoms with van der Waals surface area (Å²) in [7, 11) is 0. The van der Waals surface area contributed by atoms with Crippen LogP contribution >= 0.6 is 0 Å². The second-order valence-electron chi connectivity index (χ2n) is 9.26. The molecule has 0 radical (unpaired) electrons. The zero-order valence-electron chi connectivity index (χ0n) is 20.7. The molecular formula is C28H35N5O2. The molecule has 3 aromatic rings. The summed E-state index contributed by atoms with van der Waals surface area (Å²) >= 11 is 0. The minimum atomic E-state index is 0.000139. The van der Waals surface area contributed by atoms with Crippen LogP contribution in [0, 0.1) is 13.8 Å². The van der Waals surface area contributed by atoms with Crippen LogP contribution in [0.25, 0.3) is 5.69 Å². The molecule has 1 aliphatic heterocycles. The summed E-state index contributed by atoms with van der Waals surface area (Å²) in [5, 5.41) is 10.8. The number of anilines is 1. The lowest BCUT2D eigenvalue weighted by Gasteiger charge is -2.32. The summed E-state index contributed by atoms with van der Waals surface area (Å²) < 4.78 is 1.86. The number of hydrogen-bond donors (Lipinski definition) is 2. The normalized spacial score (nSPS) is 14.6. The number of amides is 2. The first-order chi connectivity index (χ1) is 17.0. The standard InChI is InChI=1S/C28H35N5O2/c1-21-28(22(2)33(31-21)25-11-7-4-8-12-25)30-27(35)17-20-32-18-15-24(16-19-32)29-26(34)14-13-23-9-5-3-6-10-23/h3-12,24H,13-20H2,1-2H3,(H,29,34)(H,30,35). The summed E-state index contributed by atoms with van der Waals surface area (Å²) in [6, 6.07) is 20.3. The van der Waals surface area contributed by atoms with Gasteiger partial charge in [0.1, 0.15) is 0 Å². The molecule has 1 aromatic heterocycles. The predicted molar refractivity (Wildman–Crippen MR) is 139 cm³/mol. The van der Waals surface area contributed by atoms with Crippen LogP contribution in [0.2, 0.25) is 0 Å². The molecule has 0 bridgehead atoms. The van der Waals surface area contributed by atoms with Gasteiger partial charge >= 0.3 is 0 Å². The van der Waals surface area contributed by atoms with E-state index in [2.05, 4.69) is 32.8 Å². The van der Waals surface area contributed by atoms with E-state index in [1.807, 2.05) is 67.1 Å². The molecular weight excluding hydrogens is 438 g/mol. The second-order valence-corrected chi connectivity index (χ2v) is 9.26. The molecule has 0 saturated carbocycles. The molecule has 1 aliphatic rings. The fourth-order valence-electron chi connectivity index (χ4n) is 4.61. The van der Waals surface area contributed by atoms with E-state index < -0.39 is 0 Å². The monoisotopic (exact) mass is 473 g/mol. The van der Waals surface area contributed by atoms with Crippen LogP contribution < -0.4 is 10.6 Å². The first-order valence-corrected chi connectivity index (χ1v) is 12.5. The Morgan fingerprint density at radius 3 is 2.26 bits per heavy atom. The molecule has 0 spiro atoms. The SMILES string of the molecule is Cc1nn(-c2ccccc2)c(C)c1NC(=O)CCN1CCC(NC(=O)CCc2ccccc2)CC1. The minimum Gasteiger partial charge on any atom is -0.353 e. The van der Waals surface area contributed by atoms with Crippen molar-refractivity contribution in [2.45, 2.75) is 52.0 Å². The lowest BCUT2D eigenvalue weighted by molar-refractivity contribution is -0.122. The van der Waals surface area contributed by atoms with Crippen LogP contribution in [0.3, 0.4) is 0 Å². The Bertz CT molecular complexity index is 1120. The summed E-state index contributed by atoms with van der Waals surface area (Å²) in [6.07, 6.45) is 3.55. The number of piperidine rings is 1. The van der Waals surface area contributed by atoms with Gasteiger partial charge in [-0.15, -0.1) is 0 Å². The summed E-state index contributed by atoms with van der Waals surface area (Å²) in [5.41, 5.74) is 4.68. The van der Waals surface area contributed by atoms with Crippen molar-refractivity contribution in [2.75, 3.05) is 25.0 Å². The number of nitrogens with zero attached hydrogens (tertiary/aromatic N) is 3. The summed E-state index contributed by atoms with van der Waals surface area (Å²) in [5.74, 6) is 0.119. The highest BCUT2D eigenvalue weighted by atomic mass is 16.2. The molecule has 4 rings (SSSR count). The number of carbonyl (C=O) groups is 2. The van der Waals surface area contributed by atoms with Gasteiger partial charge in [0.15, 0.2) is 0 Å². The third-order valence-electron chi connectivity index (χ3n) is 6.65. The van der Waals surface area contributed by atoms with Crippen LogP contribution in [-0.2, 0) is 16.0 Å². The number of nitrogens with one attached hydrogen (secondary N) is 2. The van der Waals surface area contributed by atoms with Crippen molar-refractivity contribution in [3.05, 3.63) is 77.6 Å². The molecule has 1 saturated heterocycles. The van der Waals surface area contributed by atoms with Gasteiger partial charge in [-0.2, -0.15) is 5.10 Å². The van der Waals surface area contributed by atoms with Crippen molar-refractivity contribution in [1.82, 2.24) is 20.0 Å². The van der Waals surface area contributed by atoms with Crippen molar-refractivity contribution in [1.29, 1.82) is 0 Å². The Morgan fingerprint density at radius 1 is 0.914 bits per heavy atom. The highest BCUT2D eigenvalue weighted by molar-refractivity contribution is 5.92. The zero-order valence-corrected chi connectivity index (χ0v) is 20.7. The number of hydrogen-bond acceptors (Lipinski definition) is 4. The minimum absolute atomic E-state index is 0.000139. The van der Waals surface area contributed by atoms with Gasteiger partial charge < -0.3 is 15.5 Å². The molecule has 7 heteroatoms. The Morgan fingerprint density at radius 2 is 1.57 bits per heavy atom. The van der Waals surface area contributed by atoms with Gasteiger partial charge in [0.2, 0.25) is 11.8 Å². The van der Waals surface area contributed by atoms with Crippen LogP contribution in [0.15, 0.2) is 60.7 Å². The molecule has 0 atom stereocenters. The average molecular weight is 474 g/mol. The van der Waals surface area contributed by atoms with E-state index in [-0.39, 0.29) is 17.9 Å². The van der Waals surface area contributed by atoms with Crippen molar-refractivity contribution < 1.29 is 9.59 Å². The molecule has 1 fully saturated rings. The molecule has 2 aromatic carbocycles. The third-order valence-corrected chi connectivity index (χ3v) is 6.65. The number of para-hydroxylation sites is 1. The van der Waals surface area contributed by atoms with Crippen molar-refractivity contribution in [3.63, 3.8) is 0 Å². The van der Waals surface area contributed by atoms with E-state index in [9.17, 15) is 9.59 Å². The maximum absolute atomic E-state index is 12.7. The number of benzene rings is 2. The Balaban J connectivity index is 1.18. The molecule has 7 nitrogen and oxygen atoms in total. The van der Waals surface area contributed by atoms with E-state index in [4.69, 9.17) is 0 Å². The van der Waals surface area contributed by atoms with Crippen molar-refractivity contribution in [3.8, 4) is 5.69 Å². The first-order valence-electron chi connectivity index (χ1n) is 12.5. The summed E-state index contributed by atoms with van der Waals surface area (Å²) in [6.45, 7) is 6.38. The van der Waals surface area contributed by atoms with Gasteiger partial charge in [0.25, 0.3) is 0 Å². The number of aromatic nitrogens is 2. The maximum atomic E-state index is 12.7. The molecule has 0 unspecified atom stereocenters. The van der Waals surface area contributed by atoms with Gasteiger partial charge in [-0.1, -0.05) is 48.5 Å². The topological polar surface area (TPSA) is 79.3 Å². The first kappa shape index (κ1) is 24.7. The number of rotatable bonds is 9.